The van der Waals surface area contributed by atoms with Crippen molar-refractivity contribution in [1.29, 1.82) is 0 Å². The normalized spacial score (nSPS) is 10.5. The number of nitrogens with zero attached hydrogens (tertiary/aromatic N) is 2. The van der Waals surface area contributed by atoms with Gasteiger partial charge in [-0.1, -0.05) is 13.3 Å². The number of hydrogen-bond donors (Lipinski definition) is 1. The molecule has 1 rings (SSSR count). The van der Waals surface area contributed by atoms with Crippen LogP contribution in [0.15, 0.2) is 5.38 Å². The average Bonchev–Trinajstić information content (AvgIpc) is 3.05. The summed E-state index contributed by atoms with van der Waals surface area (Å²) in [6, 6.07) is -0.116. The number of esters is 1. The predicted molar refractivity (Wildman–Crippen MR) is 93.3 cm³/mol. The van der Waals surface area contributed by atoms with E-state index < -0.39 is 5.97 Å². The van der Waals surface area contributed by atoms with Crippen LogP contribution in [0.3, 0.4) is 0 Å². The fourth-order valence-electron chi connectivity index (χ4n) is 1.98. The maximum absolute atomic E-state index is 12.3. The molecule has 0 aliphatic rings. The fourth-order valence-corrected chi connectivity index (χ4v) is 2.76. The highest BCUT2D eigenvalue weighted by molar-refractivity contribution is 7.09. The van der Waals surface area contributed by atoms with Crippen molar-refractivity contribution in [2.24, 2.45) is 0 Å². The van der Waals surface area contributed by atoms with Crippen LogP contribution in [0.2, 0.25) is 0 Å². The number of rotatable bonds is 11. The van der Waals surface area contributed by atoms with E-state index in [4.69, 9.17) is 4.74 Å². The van der Waals surface area contributed by atoms with Gasteiger partial charge >= 0.3 is 12.0 Å². The Bertz CT molecular complexity index is 507. The van der Waals surface area contributed by atoms with E-state index in [2.05, 4.69) is 22.0 Å². The van der Waals surface area contributed by atoms with Gasteiger partial charge in [-0.05, 0) is 19.8 Å². The van der Waals surface area contributed by atoms with E-state index in [-0.39, 0.29) is 11.7 Å². The molecule has 0 aliphatic carbocycles. The van der Waals surface area contributed by atoms with Crippen molar-refractivity contribution in [1.82, 2.24) is 15.2 Å². The lowest BCUT2D eigenvalue weighted by atomic mass is 10.3. The van der Waals surface area contributed by atoms with Gasteiger partial charge < -0.3 is 19.7 Å². The SMILES string of the molecule is CCCCNC(=O)N(CCCOCC)Cc1nc(C(=O)OC)cs1. The van der Waals surface area contributed by atoms with Crippen molar-refractivity contribution in [2.45, 2.75) is 39.7 Å². The summed E-state index contributed by atoms with van der Waals surface area (Å²) < 4.78 is 9.99. The molecule has 1 aromatic rings. The van der Waals surface area contributed by atoms with Gasteiger partial charge in [0.25, 0.3) is 0 Å². The number of methoxy groups -OCH3 is 1. The summed E-state index contributed by atoms with van der Waals surface area (Å²) in [5.74, 6) is -0.465. The van der Waals surface area contributed by atoms with Gasteiger partial charge in [-0.25, -0.2) is 14.6 Å². The van der Waals surface area contributed by atoms with Gasteiger partial charge in [0.15, 0.2) is 5.69 Å². The Morgan fingerprint density at radius 2 is 2.12 bits per heavy atom. The number of carbonyl (C=O) groups excluding carboxylic acids is 2. The molecule has 0 bridgehead atoms. The topological polar surface area (TPSA) is 80.8 Å². The summed E-state index contributed by atoms with van der Waals surface area (Å²) in [4.78, 5) is 29.8. The first-order valence-corrected chi connectivity index (χ1v) is 9.13. The molecule has 1 heterocycles. The second-order valence-corrected chi connectivity index (χ2v) is 6.12. The fraction of sp³-hybridized carbons (Fsp3) is 0.688. The van der Waals surface area contributed by atoms with Crippen molar-refractivity contribution in [3.8, 4) is 0 Å². The summed E-state index contributed by atoms with van der Waals surface area (Å²) in [6.45, 7) is 6.90. The summed E-state index contributed by atoms with van der Waals surface area (Å²) >= 11 is 1.35. The summed E-state index contributed by atoms with van der Waals surface area (Å²) in [5.41, 5.74) is 0.276. The molecule has 0 saturated carbocycles. The first kappa shape index (κ1) is 20.4. The van der Waals surface area contributed by atoms with Crippen LogP contribution in [0.4, 0.5) is 4.79 Å². The van der Waals surface area contributed by atoms with Crippen LogP contribution in [0.1, 0.15) is 48.6 Å². The first-order chi connectivity index (χ1) is 11.6. The van der Waals surface area contributed by atoms with Gasteiger partial charge in [0.05, 0.1) is 13.7 Å². The van der Waals surface area contributed by atoms with Crippen molar-refractivity contribution in [2.75, 3.05) is 33.4 Å². The molecule has 0 spiro atoms. The van der Waals surface area contributed by atoms with Crippen LogP contribution in [0.5, 0.6) is 0 Å². The Morgan fingerprint density at radius 3 is 2.79 bits per heavy atom. The van der Waals surface area contributed by atoms with Crippen LogP contribution in [0, 0.1) is 0 Å². The molecule has 0 radical (unpaired) electrons. The highest BCUT2D eigenvalue weighted by Crippen LogP contribution is 2.14. The predicted octanol–water partition coefficient (Wildman–Crippen LogP) is 2.67. The zero-order valence-corrected chi connectivity index (χ0v) is 15.5. The monoisotopic (exact) mass is 357 g/mol. The molecule has 2 amide bonds. The van der Waals surface area contributed by atoms with Crippen molar-refractivity contribution >= 4 is 23.3 Å². The largest absolute Gasteiger partial charge is 0.464 e. The van der Waals surface area contributed by atoms with E-state index in [1.807, 2.05) is 6.92 Å². The van der Waals surface area contributed by atoms with Gasteiger partial charge in [-0.2, -0.15) is 0 Å². The molecule has 136 valence electrons. The third-order valence-corrected chi connectivity index (χ3v) is 4.12. The lowest BCUT2D eigenvalue weighted by molar-refractivity contribution is 0.0594. The van der Waals surface area contributed by atoms with Gasteiger partial charge in [0, 0.05) is 31.7 Å². The third-order valence-electron chi connectivity index (χ3n) is 3.29. The molecule has 1 aromatic heterocycles. The van der Waals surface area contributed by atoms with E-state index >= 15 is 0 Å². The Balaban J connectivity index is 2.63. The standard InChI is InChI=1S/C16H27N3O4S/c1-4-6-8-17-16(21)19(9-7-10-23-5-2)11-14-18-13(12-24-14)15(20)22-3/h12H,4-11H2,1-3H3,(H,17,21). The van der Waals surface area contributed by atoms with Gasteiger partial charge in [-0.15, -0.1) is 11.3 Å². The van der Waals surface area contributed by atoms with Crippen LogP contribution in [0.25, 0.3) is 0 Å². The quantitative estimate of drug-likeness (QED) is 0.486. The smallest absolute Gasteiger partial charge is 0.357 e. The molecular weight excluding hydrogens is 330 g/mol. The molecular formula is C16H27N3O4S. The Morgan fingerprint density at radius 1 is 1.33 bits per heavy atom. The second-order valence-electron chi connectivity index (χ2n) is 5.18. The molecule has 0 atom stereocenters. The highest BCUT2D eigenvalue weighted by Gasteiger charge is 2.17. The highest BCUT2D eigenvalue weighted by atomic mass is 32.1. The van der Waals surface area contributed by atoms with Gasteiger partial charge in [0.2, 0.25) is 0 Å². The molecule has 1 N–H and O–H groups in total. The number of ether oxygens (including phenoxy) is 2. The minimum atomic E-state index is -0.465. The number of thiazole rings is 1. The maximum Gasteiger partial charge on any atom is 0.357 e. The number of nitrogens with one attached hydrogen (secondary N) is 1. The van der Waals surface area contributed by atoms with Crippen LogP contribution >= 0.6 is 11.3 Å². The number of carbonyl (C=O) groups is 2. The van der Waals surface area contributed by atoms with Crippen molar-refractivity contribution in [3.63, 3.8) is 0 Å². The summed E-state index contributed by atoms with van der Waals surface area (Å²) in [5, 5.41) is 5.27. The Kier molecular flexibility index (Phi) is 10.0. The van der Waals surface area contributed by atoms with Crippen LogP contribution in [-0.4, -0.2) is 55.3 Å². The van der Waals surface area contributed by atoms with Crippen molar-refractivity contribution in [3.05, 3.63) is 16.1 Å². The number of urea groups is 1. The second kappa shape index (κ2) is 11.8. The zero-order valence-electron chi connectivity index (χ0n) is 14.7. The molecule has 0 saturated heterocycles. The molecule has 0 aromatic carbocycles. The maximum atomic E-state index is 12.3. The third kappa shape index (κ3) is 7.27. The number of aromatic nitrogens is 1. The van der Waals surface area contributed by atoms with Crippen LogP contribution in [-0.2, 0) is 16.0 Å². The zero-order chi connectivity index (χ0) is 17.8. The summed E-state index contributed by atoms with van der Waals surface area (Å²) in [6.07, 6.45) is 2.73. The van der Waals surface area contributed by atoms with E-state index in [9.17, 15) is 9.59 Å². The Hall–Kier alpha value is -1.67. The first-order valence-electron chi connectivity index (χ1n) is 8.25. The Labute approximate surface area is 147 Å². The number of amides is 2. The van der Waals surface area contributed by atoms with E-state index in [1.54, 1.807) is 10.3 Å². The molecule has 7 nitrogen and oxygen atoms in total. The number of unbranched alkanes of at least 4 members (excludes halogenated alkanes) is 1. The lowest BCUT2D eigenvalue weighted by Gasteiger charge is -2.22. The molecule has 8 heteroatoms. The number of hydrogen-bond acceptors (Lipinski definition) is 6. The molecule has 0 fully saturated rings. The molecule has 0 unspecified atom stereocenters. The van der Waals surface area contributed by atoms with Crippen LogP contribution < -0.4 is 5.32 Å². The average molecular weight is 357 g/mol. The van der Waals surface area contributed by atoms with E-state index in [1.165, 1.54) is 18.4 Å². The van der Waals surface area contributed by atoms with Gasteiger partial charge in [-0.3, -0.25) is 0 Å². The van der Waals surface area contributed by atoms with E-state index in [0.29, 0.717) is 37.9 Å². The van der Waals surface area contributed by atoms with Crippen molar-refractivity contribution < 1.29 is 19.1 Å². The van der Waals surface area contributed by atoms with Gasteiger partial charge in [0.1, 0.15) is 5.01 Å². The molecule has 24 heavy (non-hydrogen) atoms. The van der Waals surface area contributed by atoms with E-state index in [0.717, 1.165) is 19.3 Å². The summed E-state index contributed by atoms with van der Waals surface area (Å²) in [7, 11) is 1.32. The minimum absolute atomic E-state index is 0.116. The lowest BCUT2D eigenvalue weighted by Crippen LogP contribution is -2.40. The minimum Gasteiger partial charge on any atom is -0.464 e. The molecule has 0 aliphatic heterocycles.